The van der Waals surface area contributed by atoms with Crippen molar-refractivity contribution in [3.8, 4) is 0 Å². The van der Waals surface area contributed by atoms with Gasteiger partial charge in [-0.15, -0.1) is 0 Å². The van der Waals surface area contributed by atoms with Gasteiger partial charge >= 0.3 is 5.97 Å². The zero-order valence-corrected chi connectivity index (χ0v) is 15.6. The van der Waals surface area contributed by atoms with E-state index >= 15 is 0 Å². The van der Waals surface area contributed by atoms with Crippen LogP contribution in [0.3, 0.4) is 0 Å². The molecule has 1 fully saturated rings. The standard InChI is InChI=1S/C21H27N3O2/c1-16-6-3-8-19(17(16)2)20(21(25)26)24-11-5-10-23(12-13-24)15-18-7-4-9-22-14-18/h3-4,6-9,14,20H,5,10-13,15H2,1-2H3,(H,25,26)/t20-/m1/s1. The average molecular weight is 353 g/mol. The van der Waals surface area contributed by atoms with Crippen molar-refractivity contribution in [3.05, 3.63) is 65.0 Å². The quantitative estimate of drug-likeness (QED) is 0.895. The Labute approximate surface area is 155 Å². The van der Waals surface area contributed by atoms with Crippen molar-refractivity contribution in [2.45, 2.75) is 32.9 Å². The summed E-state index contributed by atoms with van der Waals surface area (Å²) < 4.78 is 0. The van der Waals surface area contributed by atoms with Crippen molar-refractivity contribution >= 4 is 5.97 Å². The largest absolute Gasteiger partial charge is 0.480 e. The molecule has 2 heterocycles. The molecule has 0 saturated carbocycles. The van der Waals surface area contributed by atoms with E-state index in [0.717, 1.165) is 55.8 Å². The molecule has 1 aliphatic heterocycles. The summed E-state index contributed by atoms with van der Waals surface area (Å²) in [5.41, 5.74) is 4.33. The van der Waals surface area contributed by atoms with Crippen LogP contribution in [0.1, 0.15) is 34.7 Å². The van der Waals surface area contributed by atoms with Crippen molar-refractivity contribution in [3.63, 3.8) is 0 Å². The summed E-state index contributed by atoms with van der Waals surface area (Å²) in [6.07, 6.45) is 4.66. The minimum Gasteiger partial charge on any atom is -0.480 e. The molecule has 5 nitrogen and oxygen atoms in total. The lowest BCUT2D eigenvalue weighted by atomic mass is 9.96. The summed E-state index contributed by atoms with van der Waals surface area (Å²) in [5, 5.41) is 9.92. The number of benzene rings is 1. The van der Waals surface area contributed by atoms with Gasteiger partial charge in [0, 0.05) is 38.6 Å². The van der Waals surface area contributed by atoms with Gasteiger partial charge < -0.3 is 5.11 Å². The lowest BCUT2D eigenvalue weighted by Crippen LogP contribution is -2.37. The van der Waals surface area contributed by atoms with Crippen LogP contribution >= 0.6 is 0 Å². The molecule has 0 spiro atoms. The predicted octanol–water partition coefficient (Wildman–Crippen LogP) is 3.03. The first-order valence-corrected chi connectivity index (χ1v) is 9.20. The fraction of sp³-hybridized carbons (Fsp3) is 0.429. The summed E-state index contributed by atoms with van der Waals surface area (Å²) in [5.74, 6) is -0.764. The number of carboxylic acids is 1. The van der Waals surface area contributed by atoms with Gasteiger partial charge in [0.15, 0.2) is 0 Å². The van der Waals surface area contributed by atoms with Crippen molar-refractivity contribution in [2.75, 3.05) is 26.2 Å². The Kier molecular flexibility index (Phi) is 6.01. The summed E-state index contributed by atoms with van der Waals surface area (Å²) in [4.78, 5) is 20.8. The van der Waals surface area contributed by atoms with Gasteiger partial charge in [-0.1, -0.05) is 24.3 Å². The SMILES string of the molecule is Cc1cccc([C@H](C(=O)O)N2CCCN(Cc3cccnc3)CC2)c1C. The molecule has 5 heteroatoms. The molecule has 2 aromatic rings. The van der Waals surface area contributed by atoms with Crippen molar-refractivity contribution in [1.82, 2.24) is 14.8 Å². The summed E-state index contributed by atoms with van der Waals surface area (Å²) >= 11 is 0. The molecule has 0 bridgehead atoms. The predicted molar refractivity (Wildman–Crippen MR) is 102 cm³/mol. The first-order chi connectivity index (χ1) is 12.6. The van der Waals surface area contributed by atoms with Crippen molar-refractivity contribution in [1.29, 1.82) is 0 Å². The number of pyridine rings is 1. The summed E-state index contributed by atoms with van der Waals surface area (Å²) in [6.45, 7) is 8.32. The number of hydrogen-bond donors (Lipinski definition) is 1. The lowest BCUT2D eigenvalue weighted by molar-refractivity contribution is -0.143. The Balaban J connectivity index is 1.73. The molecule has 1 N–H and O–H groups in total. The molecule has 3 rings (SSSR count). The maximum Gasteiger partial charge on any atom is 0.325 e. The van der Waals surface area contributed by atoms with Crippen LogP contribution in [0.25, 0.3) is 0 Å². The molecule has 0 radical (unpaired) electrons. The van der Waals surface area contributed by atoms with Crippen LogP contribution in [0.15, 0.2) is 42.7 Å². The highest BCUT2D eigenvalue weighted by Crippen LogP contribution is 2.27. The number of aliphatic carboxylic acids is 1. The van der Waals surface area contributed by atoms with E-state index in [4.69, 9.17) is 0 Å². The zero-order valence-electron chi connectivity index (χ0n) is 15.6. The minimum absolute atomic E-state index is 0.576. The van der Waals surface area contributed by atoms with Gasteiger partial charge in [0.25, 0.3) is 0 Å². The Morgan fingerprint density at radius 2 is 2.00 bits per heavy atom. The van der Waals surface area contributed by atoms with Gasteiger partial charge in [-0.25, -0.2) is 0 Å². The molecular weight excluding hydrogens is 326 g/mol. The molecular formula is C21H27N3O2. The van der Waals surface area contributed by atoms with E-state index < -0.39 is 12.0 Å². The second-order valence-electron chi connectivity index (χ2n) is 7.06. The first kappa shape index (κ1) is 18.5. The van der Waals surface area contributed by atoms with Crippen LogP contribution in [0.5, 0.6) is 0 Å². The van der Waals surface area contributed by atoms with Crippen molar-refractivity contribution < 1.29 is 9.90 Å². The number of hydrogen-bond acceptors (Lipinski definition) is 4. The highest BCUT2D eigenvalue weighted by Gasteiger charge is 2.30. The molecule has 0 unspecified atom stereocenters. The van der Waals surface area contributed by atoms with E-state index in [1.165, 1.54) is 5.56 Å². The lowest BCUT2D eigenvalue weighted by Gasteiger charge is -2.29. The molecule has 1 saturated heterocycles. The number of nitrogens with zero attached hydrogens (tertiary/aromatic N) is 3. The molecule has 1 aliphatic rings. The van der Waals surface area contributed by atoms with Gasteiger partial charge in [-0.2, -0.15) is 0 Å². The van der Waals surface area contributed by atoms with Crippen LogP contribution in [0.4, 0.5) is 0 Å². The molecule has 1 atom stereocenters. The first-order valence-electron chi connectivity index (χ1n) is 9.20. The van der Waals surface area contributed by atoms with Crippen LogP contribution < -0.4 is 0 Å². The second kappa shape index (κ2) is 8.43. The van der Waals surface area contributed by atoms with E-state index in [-0.39, 0.29) is 0 Å². The third-order valence-corrected chi connectivity index (χ3v) is 5.29. The molecule has 26 heavy (non-hydrogen) atoms. The third-order valence-electron chi connectivity index (χ3n) is 5.29. The smallest absolute Gasteiger partial charge is 0.325 e. The number of carbonyl (C=O) groups is 1. The van der Waals surface area contributed by atoms with E-state index in [1.807, 2.05) is 44.3 Å². The Morgan fingerprint density at radius 3 is 2.73 bits per heavy atom. The molecule has 0 aliphatic carbocycles. The highest BCUT2D eigenvalue weighted by molar-refractivity contribution is 5.76. The fourth-order valence-corrected chi connectivity index (χ4v) is 3.71. The highest BCUT2D eigenvalue weighted by atomic mass is 16.4. The monoisotopic (exact) mass is 353 g/mol. The summed E-state index contributed by atoms with van der Waals surface area (Å²) in [6, 6.07) is 9.43. The van der Waals surface area contributed by atoms with E-state index in [1.54, 1.807) is 6.20 Å². The Morgan fingerprint density at radius 1 is 1.15 bits per heavy atom. The number of aromatic nitrogens is 1. The van der Waals surface area contributed by atoms with Crippen LogP contribution in [-0.4, -0.2) is 52.0 Å². The maximum atomic E-state index is 12.1. The molecule has 0 amide bonds. The van der Waals surface area contributed by atoms with Gasteiger partial charge in [0.2, 0.25) is 0 Å². The van der Waals surface area contributed by atoms with E-state index in [2.05, 4.69) is 20.9 Å². The third kappa shape index (κ3) is 4.29. The van der Waals surface area contributed by atoms with Crippen LogP contribution in [0, 0.1) is 13.8 Å². The summed E-state index contributed by atoms with van der Waals surface area (Å²) in [7, 11) is 0. The number of rotatable bonds is 5. The molecule has 1 aromatic heterocycles. The average Bonchev–Trinajstić information content (AvgIpc) is 2.85. The van der Waals surface area contributed by atoms with Crippen LogP contribution in [-0.2, 0) is 11.3 Å². The van der Waals surface area contributed by atoms with Gasteiger partial charge in [0.05, 0.1) is 0 Å². The topological polar surface area (TPSA) is 56.7 Å². The van der Waals surface area contributed by atoms with E-state index in [9.17, 15) is 9.90 Å². The normalized spacial score (nSPS) is 17.6. The maximum absolute atomic E-state index is 12.1. The fourth-order valence-electron chi connectivity index (χ4n) is 3.71. The van der Waals surface area contributed by atoms with Gasteiger partial charge in [-0.05, 0) is 55.1 Å². The molecule has 1 aromatic carbocycles. The van der Waals surface area contributed by atoms with Crippen LogP contribution in [0.2, 0.25) is 0 Å². The minimum atomic E-state index is -0.764. The molecule has 138 valence electrons. The Hall–Kier alpha value is -2.24. The van der Waals surface area contributed by atoms with E-state index in [0.29, 0.717) is 0 Å². The second-order valence-corrected chi connectivity index (χ2v) is 7.06. The number of carboxylic acid groups (broad SMARTS) is 1. The van der Waals surface area contributed by atoms with Gasteiger partial charge in [-0.3, -0.25) is 19.6 Å². The number of aryl methyl sites for hydroxylation is 1. The zero-order chi connectivity index (χ0) is 18.5. The van der Waals surface area contributed by atoms with Gasteiger partial charge in [0.1, 0.15) is 6.04 Å². The van der Waals surface area contributed by atoms with Crippen molar-refractivity contribution in [2.24, 2.45) is 0 Å². The Bertz CT molecular complexity index is 748.